The Balaban J connectivity index is 2.40. The number of nitrogens with one attached hydrogen (secondary N) is 2. The number of fused-ring (bicyclic) bond motifs is 1. The summed E-state index contributed by atoms with van der Waals surface area (Å²) in [5.41, 5.74) is 0.618. The number of carbonyl (C=O) groups is 1. The predicted molar refractivity (Wildman–Crippen MR) is 76.8 cm³/mol. The second-order valence-electron chi connectivity index (χ2n) is 4.65. The zero-order valence-electron chi connectivity index (χ0n) is 11.2. The Morgan fingerprint density at radius 2 is 2.25 bits per heavy atom. The average Bonchev–Trinajstić information content (AvgIpc) is 2.79. The fraction of sp³-hybridized carbons (Fsp3) is 0.583. The molecule has 0 fully saturated rings. The zero-order chi connectivity index (χ0) is 14.8. The highest BCUT2D eigenvalue weighted by atomic mass is 32.2. The molecule has 0 amide bonds. The van der Waals surface area contributed by atoms with Crippen molar-refractivity contribution in [3.05, 3.63) is 16.0 Å². The van der Waals surface area contributed by atoms with E-state index in [1.165, 1.54) is 0 Å². The fourth-order valence-corrected chi connectivity index (χ4v) is 5.14. The molecule has 0 bridgehead atoms. The number of hydrogen-bond acceptors (Lipinski definition) is 5. The largest absolute Gasteiger partial charge is 0.478 e. The van der Waals surface area contributed by atoms with Crippen LogP contribution >= 0.6 is 11.3 Å². The van der Waals surface area contributed by atoms with Gasteiger partial charge in [-0.05, 0) is 24.9 Å². The summed E-state index contributed by atoms with van der Waals surface area (Å²) >= 11 is 1.06. The molecule has 2 rings (SSSR count). The first-order valence-corrected chi connectivity index (χ1v) is 8.85. The van der Waals surface area contributed by atoms with Crippen LogP contribution in [0.1, 0.15) is 40.6 Å². The molecule has 0 unspecified atom stereocenters. The second-order valence-corrected chi connectivity index (χ2v) is 7.72. The summed E-state index contributed by atoms with van der Waals surface area (Å²) in [7, 11) is -3.74. The van der Waals surface area contributed by atoms with Crippen LogP contribution in [0.25, 0.3) is 0 Å². The third-order valence-electron chi connectivity index (χ3n) is 3.18. The van der Waals surface area contributed by atoms with Gasteiger partial charge in [0.25, 0.3) is 10.0 Å². The summed E-state index contributed by atoms with van der Waals surface area (Å²) in [6.45, 7) is 3.50. The van der Waals surface area contributed by atoms with E-state index in [2.05, 4.69) is 10.0 Å². The molecule has 8 heteroatoms. The van der Waals surface area contributed by atoms with E-state index in [1.807, 2.05) is 6.92 Å². The van der Waals surface area contributed by atoms with Gasteiger partial charge in [-0.25, -0.2) is 17.9 Å². The number of thiophene rings is 1. The third-order valence-corrected chi connectivity index (χ3v) is 6.39. The van der Waals surface area contributed by atoms with Gasteiger partial charge in [0.15, 0.2) is 0 Å². The molecule has 1 aliphatic heterocycles. The molecule has 1 aromatic rings. The van der Waals surface area contributed by atoms with Crippen molar-refractivity contribution in [3.8, 4) is 0 Å². The zero-order valence-corrected chi connectivity index (χ0v) is 12.9. The molecule has 2 heterocycles. The molecule has 112 valence electrons. The van der Waals surface area contributed by atoms with Crippen LogP contribution in [-0.2, 0) is 23.0 Å². The number of rotatable bonds is 6. The number of carboxylic acid groups (broad SMARTS) is 1. The lowest BCUT2D eigenvalue weighted by Crippen LogP contribution is -2.26. The van der Waals surface area contributed by atoms with Crippen LogP contribution in [0.15, 0.2) is 4.21 Å². The molecule has 0 saturated carbocycles. The molecule has 6 nitrogen and oxygen atoms in total. The Morgan fingerprint density at radius 3 is 2.90 bits per heavy atom. The lowest BCUT2D eigenvalue weighted by Gasteiger charge is -2.12. The van der Waals surface area contributed by atoms with Gasteiger partial charge in [0.05, 0.1) is 5.56 Å². The van der Waals surface area contributed by atoms with Crippen LogP contribution in [0.2, 0.25) is 0 Å². The summed E-state index contributed by atoms with van der Waals surface area (Å²) in [6, 6.07) is 0. The smallest absolute Gasteiger partial charge is 0.338 e. The molecular weight excluding hydrogens is 300 g/mol. The SMILES string of the molecule is CCCCNS(=O)(=O)c1sc2c(c1C(=O)O)CCNC2. The summed E-state index contributed by atoms with van der Waals surface area (Å²) < 4.78 is 27.0. The average molecular weight is 318 g/mol. The topological polar surface area (TPSA) is 95.5 Å². The van der Waals surface area contributed by atoms with Crippen molar-refractivity contribution >= 4 is 27.3 Å². The quantitative estimate of drug-likeness (QED) is 0.684. The Hall–Kier alpha value is -0.960. The molecule has 1 aromatic heterocycles. The van der Waals surface area contributed by atoms with Gasteiger partial charge in [-0.3, -0.25) is 0 Å². The van der Waals surface area contributed by atoms with Gasteiger partial charge in [0, 0.05) is 18.0 Å². The molecule has 0 radical (unpaired) electrons. The number of unbranched alkanes of at least 4 members (excludes halogenated alkanes) is 1. The number of aromatic carboxylic acids is 1. The van der Waals surface area contributed by atoms with Crippen LogP contribution in [0.5, 0.6) is 0 Å². The van der Waals surface area contributed by atoms with Crippen molar-refractivity contribution in [1.82, 2.24) is 10.0 Å². The van der Waals surface area contributed by atoms with E-state index in [0.29, 0.717) is 31.6 Å². The summed E-state index contributed by atoms with van der Waals surface area (Å²) in [5, 5.41) is 12.5. The highest BCUT2D eigenvalue weighted by Crippen LogP contribution is 2.34. The van der Waals surface area contributed by atoms with Gasteiger partial charge >= 0.3 is 5.97 Å². The Labute approximate surface area is 122 Å². The maximum atomic E-state index is 12.3. The normalized spacial score (nSPS) is 15.1. The molecule has 0 aliphatic carbocycles. The van der Waals surface area contributed by atoms with Gasteiger partial charge in [0.2, 0.25) is 0 Å². The van der Waals surface area contributed by atoms with Crippen LogP contribution in [0.4, 0.5) is 0 Å². The van der Waals surface area contributed by atoms with Crippen LogP contribution in [0.3, 0.4) is 0 Å². The van der Waals surface area contributed by atoms with Crippen molar-refractivity contribution in [2.45, 2.75) is 36.9 Å². The first-order chi connectivity index (χ1) is 9.47. The number of hydrogen-bond donors (Lipinski definition) is 3. The van der Waals surface area contributed by atoms with E-state index in [1.54, 1.807) is 0 Å². The molecule has 1 aliphatic rings. The molecule has 0 aromatic carbocycles. The monoisotopic (exact) mass is 318 g/mol. The lowest BCUT2D eigenvalue weighted by atomic mass is 10.1. The maximum Gasteiger partial charge on any atom is 0.338 e. The highest BCUT2D eigenvalue weighted by Gasteiger charge is 2.31. The van der Waals surface area contributed by atoms with Gasteiger partial charge in [0.1, 0.15) is 4.21 Å². The van der Waals surface area contributed by atoms with Crippen molar-refractivity contribution < 1.29 is 18.3 Å². The van der Waals surface area contributed by atoms with Gasteiger partial charge in [-0.1, -0.05) is 13.3 Å². The van der Waals surface area contributed by atoms with Crippen LogP contribution < -0.4 is 10.0 Å². The first kappa shape index (κ1) is 15.4. The molecule has 0 atom stereocenters. The Kier molecular flexibility index (Phi) is 4.79. The standard InChI is InChI=1S/C12H18N2O4S2/c1-2-3-5-14-20(17,18)12-10(11(15)16)8-4-6-13-7-9(8)19-12/h13-14H,2-7H2,1H3,(H,15,16). The molecular formula is C12H18N2O4S2. The summed E-state index contributed by atoms with van der Waals surface area (Å²) in [5.74, 6) is -1.17. The summed E-state index contributed by atoms with van der Waals surface area (Å²) in [4.78, 5) is 12.2. The minimum Gasteiger partial charge on any atom is -0.478 e. The van der Waals surface area contributed by atoms with E-state index in [0.717, 1.165) is 29.1 Å². The molecule has 0 spiro atoms. The van der Waals surface area contributed by atoms with Crippen LogP contribution in [0, 0.1) is 0 Å². The van der Waals surface area contributed by atoms with Crippen molar-refractivity contribution in [2.24, 2.45) is 0 Å². The highest BCUT2D eigenvalue weighted by molar-refractivity contribution is 7.91. The number of carboxylic acids is 1. The van der Waals surface area contributed by atoms with E-state index in [-0.39, 0.29) is 9.77 Å². The van der Waals surface area contributed by atoms with Gasteiger partial charge in [-0.2, -0.15) is 0 Å². The Bertz CT molecular complexity index is 607. The molecule has 0 saturated heterocycles. The fourth-order valence-electron chi connectivity index (χ4n) is 2.16. The Morgan fingerprint density at radius 1 is 1.50 bits per heavy atom. The first-order valence-electron chi connectivity index (χ1n) is 6.55. The lowest BCUT2D eigenvalue weighted by molar-refractivity contribution is 0.0692. The van der Waals surface area contributed by atoms with Crippen molar-refractivity contribution in [2.75, 3.05) is 13.1 Å². The van der Waals surface area contributed by atoms with Crippen LogP contribution in [-0.4, -0.2) is 32.6 Å². The van der Waals surface area contributed by atoms with Crippen molar-refractivity contribution in [3.63, 3.8) is 0 Å². The summed E-state index contributed by atoms with van der Waals surface area (Å²) in [6.07, 6.45) is 2.16. The van der Waals surface area contributed by atoms with E-state index >= 15 is 0 Å². The van der Waals surface area contributed by atoms with E-state index < -0.39 is 16.0 Å². The third kappa shape index (κ3) is 3.03. The predicted octanol–water partition coefficient (Wildman–Crippen LogP) is 1.17. The van der Waals surface area contributed by atoms with Gasteiger partial charge < -0.3 is 10.4 Å². The molecule has 20 heavy (non-hydrogen) atoms. The minimum atomic E-state index is -3.74. The molecule has 3 N–H and O–H groups in total. The maximum absolute atomic E-state index is 12.3. The van der Waals surface area contributed by atoms with E-state index in [9.17, 15) is 18.3 Å². The second kappa shape index (κ2) is 6.21. The van der Waals surface area contributed by atoms with E-state index in [4.69, 9.17) is 0 Å². The van der Waals surface area contributed by atoms with Crippen molar-refractivity contribution in [1.29, 1.82) is 0 Å². The minimum absolute atomic E-state index is 0.0458. The van der Waals surface area contributed by atoms with Gasteiger partial charge in [-0.15, -0.1) is 11.3 Å². The number of sulfonamides is 1.